The topological polar surface area (TPSA) is 82.5 Å². The van der Waals surface area contributed by atoms with Gasteiger partial charge < -0.3 is 10.5 Å². The summed E-state index contributed by atoms with van der Waals surface area (Å²) in [5, 5.41) is 4.61. The largest absolute Gasteiger partial charge is 0.462 e. The zero-order valence-electron chi connectivity index (χ0n) is 13.6. The summed E-state index contributed by atoms with van der Waals surface area (Å²) in [7, 11) is 0. The van der Waals surface area contributed by atoms with Gasteiger partial charge in [0.25, 0.3) is 0 Å². The average Bonchev–Trinajstić information content (AvgIpc) is 3.19. The van der Waals surface area contributed by atoms with Crippen molar-refractivity contribution in [2.75, 3.05) is 6.61 Å². The molecule has 4 aromatic rings. The number of ether oxygens (including phenoxy) is 1. The Kier molecular flexibility index (Phi) is 3.95. The fraction of sp³-hybridized carbons (Fsp3) is 0.167. The fourth-order valence-electron chi connectivity index (χ4n) is 2.64. The van der Waals surface area contributed by atoms with Gasteiger partial charge in [-0.15, -0.1) is 5.10 Å². The summed E-state index contributed by atoms with van der Waals surface area (Å²) in [5.41, 5.74) is 9.11. The molecule has 4 rings (SSSR count). The molecule has 126 valence electrons. The molecule has 0 atom stereocenters. The summed E-state index contributed by atoms with van der Waals surface area (Å²) in [4.78, 5) is 17.3. The summed E-state index contributed by atoms with van der Waals surface area (Å²) in [6.07, 6.45) is 0. The molecule has 0 saturated carbocycles. The van der Waals surface area contributed by atoms with Gasteiger partial charge in [0.15, 0.2) is 5.82 Å². The van der Waals surface area contributed by atoms with Gasteiger partial charge in [-0.1, -0.05) is 35.6 Å². The van der Waals surface area contributed by atoms with Crippen LogP contribution in [0.5, 0.6) is 0 Å². The minimum atomic E-state index is -0.316. The average molecular weight is 352 g/mol. The number of esters is 1. The number of carbonyl (C=O) groups is 1. The van der Waals surface area contributed by atoms with Gasteiger partial charge in [0.2, 0.25) is 4.96 Å². The molecule has 7 heteroatoms. The van der Waals surface area contributed by atoms with Crippen LogP contribution >= 0.6 is 11.3 Å². The van der Waals surface area contributed by atoms with Crippen LogP contribution < -0.4 is 5.73 Å². The Bertz CT molecular complexity index is 1070. The maximum absolute atomic E-state index is 11.9. The zero-order valence-corrected chi connectivity index (χ0v) is 14.4. The van der Waals surface area contributed by atoms with E-state index >= 15 is 0 Å². The number of aromatic nitrogens is 3. The van der Waals surface area contributed by atoms with Gasteiger partial charge in [0, 0.05) is 12.1 Å². The monoisotopic (exact) mass is 352 g/mol. The molecule has 0 fully saturated rings. The predicted octanol–water partition coefficient (Wildman–Crippen LogP) is 3.25. The van der Waals surface area contributed by atoms with Crippen LogP contribution in [0.4, 0.5) is 0 Å². The van der Waals surface area contributed by atoms with Crippen LogP contribution in [-0.4, -0.2) is 27.2 Å². The lowest BCUT2D eigenvalue weighted by Gasteiger charge is -2.01. The quantitative estimate of drug-likeness (QED) is 0.570. The number of nitrogens with two attached hydrogens (primary N) is 1. The van der Waals surface area contributed by atoms with E-state index in [4.69, 9.17) is 10.5 Å². The minimum Gasteiger partial charge on any atom is -0.462 e. The second kappa shape index (κ2) is 6.27. The molecule has 25 heavy (non-hydrogen) atoms. The molecule has 0 radical (unpaired) electrons. The van der Waals surface area contributed by atoms with Crippen molar-refractivity contribution in [3.63, 3.8) is 0 Å². The van der Waals surface area contributed by atoms with Gasteiger partial charge >= 0.3 is 5.97 Å². The third-order valence-corrected chi connectivity index (χ3v) is 4.92. The van der Waals surface area contributed by atoms with Crippen molar-refractivity contribution >= 4 is 32.5 Å². The number of rotatable bonds is 4. The number of nitrogens with zero attached hydrogens (tertiary/aromatic N) is 3. The molecule has 0 amide bonds. The van der Waals surface area contributed by atoms with E-state index in [-0.39, 0.29) is 5.97 Å². The lowest BCUT2D eigenvalue weighted by Crippen LogP contribution is -2.04. The molecule has 0 aliphatic heterocycles. The van der Waals surface area contributed by atoms with Gasteiger partial charge in [0.1, 0.15) is 0 Å². The lowest BCUT2D eigenvalue weighted by molar-refractivity contribution is 0.0526. The van der Waals surface area contributed by atoms with E-state index in [9.17, 15) is 4.79 Å². The summed E-state index contributed by atoms with van der Waals surface area (Å²) >= 11 is 1.50. The maximum atomic E-state index is 11.9. The SMILES string of the molecule is CCOC(=O)c1ccc2c(c1)sc1nc(-c3ccc(CN)cc3)nn12. The van der Waals surface area contributed by atoms with Crippen molar-refractivity contribution in [3.8, 4) is 11.4 Å². The van der Waals surface area contributed by atoms with Crippen LogP contribution in [0.2, 0.25) is 0 Å². The Morgan fingerprint density at radius 2 is 2.04 bits per heavy atom. The third-order valence-electron chi connectivity index (χ3n) is 3.93. The first kappa shape index (κ1) is 15.7. The Hall–Kier alpha value is -2.77. The number of hydrogen-bond acceptors (Lipinski definition) is 6. The van der Waals surface area contributed by atoms with Crippen LogP contribution in [0, 0.1) is 0 Å². The van der Waals surface area contributed by atoms with E-state index in [1.807, 2.05) is 36.4 Å². The van der Waals surface area contributed by atoms with Crippen LogP contribution in [0.1, 0.15) is 22.8 Å². The summed E-state index contributed by atoms with van der Waals surface area (Å²) in [6.45, 7) is 2.67. The lowest BCUT2D eigenvalue weighted by atomic mass is 10.1. The van der Waals surface area contributed by atoms with Crippen molar-refractivity contribution in [1.82, 2.24) is 14.6 Å². The van der Waals surface area contributed by atoms with Gasteiger partial charge in [-0.2, -0.15) is 4.98 Å². The normalized spacial score (nSPS) is 11.3. The molecule has 0 spiro atoms. The molecule has 0 bridgehead atoms. The Morgan fingerprint density at radius 1 is 1.24 bits per heavy atom. The third kappa shape index (κ3) is 2.77. The molecule has 2 N–H and O–H groups in total. The fourth-order valence-corrected chi connectivity index (χ4v) is 3.64. The second-order valence-electron chi connectivity index (χ2n) is 5.54. The van der Waals surface area contributed by atoms with E-state index < -0.39 is 0 Å². The smallest absolute Gasteiger partial charge is 0.338 e. The first-order chi connectivity index (χ1) is 12.2. The van der Waals surface area contributed by atoms with Crippen molar-refractivity contribution in [2.24, 2.45) is 5.73 Å². The molecular formula is C18H16N4O2S. The number of hydrogen-bond donors (Lipinski definition) is 1. The number of carbonyl (C=O) groups excluding carboxylic acids is 1. The molecule has 0 aliphatic carbocycles. The summed E-state index contributed by atoms with van der Waals surface area (Å²) < 4.78 is 7.80. The molecule has 2 heterocycles. The van der Waals surface area contributed by atoms with Gasteiger partial charge in [-0.3, -0.25) is 0 Å². The predicted molar refractivity (Wildman–Crippen MR) is 97.7 cm³/mol. The molecule has 0 aliphatic rings. The molecule has 6 nitrogen and oxygen atoms in total. The van der Waals surface area contributed by atoms with Crippen molar-refractivity contribution in [2.45, 2.75) is 13.5 Å². The first-order valence-corrected chi connectivity index (χ1v) is 8.77. The van der Waals surface area contributed by atoms with E-state index in [0.717, 1.165) is 26.3 Å². The second-order valence-corrected chi connectivity index (χ2v) is 6.54. The Balaban J connectivity index is 1.75. The molecule has 0 saturated heterocycles. The van der Waals surface area contributed by atoms with E-state index in [1.54, 1.807) is 17.5 Å². The summed E-state index contributed by atoms with van der Waals surface area (Å²) in [5.74, 6) is 0.357. The van der Waals surface area contributed by atoms with Crippen molar-refractivity contribution in [3.05, 3.63) is 53.6 Å². The van der Waals surface area contributed by atoms with Gasteiger partial charge in [-0.25, -0.2) is 9.31 Å². The van der Waals surface area contributed by atoms with E-state index in [1.165, 1.54) is 11.3 Å². The van der Waals surface area contributed by atoms with Crippen molar-refractivity contribution in [1.29, 1.82) is 0 Å². The molecule has 2 aromatic heterocycles. The highest BCUT2D eigenvalue weighted by Gasteiger charge is 2.14. The highest BCUT2D eigenvalue weighted by Crippen LogP contribution is 2.28. The van der Waals surface area contributed by atoms with Crippen LogP contribution in [0.3, 0.4) is 0 Å². The molecule has 2 aromatic carbocycles. The van der Waals surface area contributed by atoms with Crippen molar-refractivity contribution < 1.29 is 9.53 Å². The molecule has 0 unspecified atom stereocenters. The Labute approximate surface area is 147 Å². The number of fused-ring (bicyclic) bond motifs is 3. The number of thiazole rings is 1. The maximum Gasteiger partial charge on any atom is 0.338 e. The van der Waals surface area contributed by atoms with E-state index in [0.29, 0.717) is 24.5 Å². The standard InChI is InChI=1S/C18H16N4O2S/c1-2-24-17(23)13-7-8-14-15(9-13)25-18-20-16(21-22(14)18)12-5-3-11(10-19)4-6-12/h3-9H,2,10,19H2,1H3. The van der Waals surface area contributed by atoms with Gasteiger partial charge in [0.05, 0.1) is 22.4 Å². The van der Waals surface area contributed by atoms with Crippen LogP contribution in [-0.2, 0) is 11.3 Å². The minimum absolute atomic E-state index is 0.316. The zero-order chi connectivity index (χ0) is 17.4. The van der Waals surface area contributed by atoms with Gasteiger partial charge in [-0.05, 0) is 30.7 Å². The highest BCUT2D eigenvalue weighted by molar-refractivity contribution is 7.23. The van der Waals surface area contributed by atoms with Crippen LogP contribution in [0.25, 0.3) is 26.6 Å². The summed E-state index contributed by atoms with van der Waals surface area (Å²) in [6, 6.07) is 13.4. The first-order valence-electron chi connectivity index (χ1n) is 7.95. The van der Waals surface area contributed by atoms with E-state index in [2.05, 4.69) is 10.1 Å². The number of benzene rings is 2. The molecular weight excluding hydrogens is 336 g/mol. The Morgan fingerprint density at radius 3 is 2.76 bits per heavy atom. The highest BCUT2D eigenvalue weighted by atomic mass is 32.1. The van der Waals surface area contributed by atoms with Crippen LogP contribution in [0.15, 0.2) is 42.5 Å².